The summed E-state index contributed by atoms with van der Waals surface area (Å²) in [6.45, 7) is 25.5. The summed E-state index contributed by atoms with van der Waals surface area (Å²) >= 11 is 3.66. The molecule has 0 saturated heterocycles. The minimum atomic E-state index is 0.140. The molecule has 23 heavy (non-hydrogen) atoms. The van der Waals surface area contributed by atoms with Gasteiger partial charge < -0.3 is 9.80 Å². The molecule has 0 bridgehead atoms. The van der Waals surface area contributed by atoms with Crippen LogP contribution in [0.1, 0.15) is 82.1 Å². The van der Waals surface area contributed by atoms with Crippen molar-refractivity contribution in [2.75, 3.05) is 0 Å². The molecule has 0 aliphatic carbocycles. The molecule has 0 aromatic rings. The minimum absolute atomic E-state index is 0.140. The average molecular weight is 393 g/mol. The molecule has 0 saturated carbocycles. The molecule has 0 radical (unpaired) electrons. The monoisotopic (exact) mass is 391 g/mol. The van der Waals surface area contributed by atoms with Gasteiger partial charge in [0.2, 0.25) is 0 Å². The second kappa shape index (κ2) is 8.02. The molecule has 0 aromatic carbocycles. The fourth-order valence-electron chi connectivity index (χ4n) is 3.85. The van der Waals surface area contributed by atoms with Crippen LogP contribution in [0.3, 0.4) is 0 Å². The summed E-state index contributed by atoms with van der Waals surface area (Å²) in [7, 11) is 4.20. The Kier molecular flexibility index (Phi) is 8.07. The van der Waals surface area contributed by atoms with Gasteiger partial charge in [0.1, 0.15) is 0 Å². The molecule has 1 aliphatic rings. The van der Waals surface area contributed by atoms with Crippen molar-refractivity contribution < 1.29 is 15.1 Å². The van der Waals surface area contributed by atoms with Crippen LogP contribution >= 0.6 is 10.1 Å². The zero-order valence-electron chi connectivity index (χ0n) is 16.7. The van der Waals surface area contributed by atoms with Crippen LogP contribution in [0.4, 0.5) is 0 Å². The molecule has 0 atom stereocenters. The molecule has 0 N–H and O–H groups in total. The Bertz CT molecular complexity index is 353. The van der Waals surface area contributed by atoms with Crippen molar-refractivity contribution in [3.05, 3.63) is 19.1 Å². The summed E-state index contributed by atoms with van der Waals surface area (Å²) in [4.78, 5) is 4.76. The van der Waals surface area contributed by atoms with E-state index in [1.54, 1.807) is 0 Å². The fraction of sp³-hybridized carbons (Fsp3) is 0.842. The van der Waals surface area contributed by atoms with Crippen LogP contribution in [-0.4, -0.2) is 20.9 Å². The molecule has 1 rings (SSSR count). The molecule has 0 spiro atoms. The van der Waals surface area contributed by atoms with Gasteiger partial charge in [-0.25, -0.2) is 0 Å². The van der Waals surface area contributed by atoms with E-state index >= 15 is 0 Å². The van der Waals surface area contributed by atoms with Crippen molar-refractivity contribution in [2.24, 2.45) is 10.8 Å². The Morgan fingerprint density at radius 2 is 0.957 bits per heavy atom. The van der Waals surface area contributed by atoms with E-state index in [0.29, 0.717) is 10.8 Å². The summed E-state index contributed by atoms with van der Waals surface area (Å²) in [5.74, 6) is 0. The third-order valence-corrected chi connectivity index (χ3v) is 3.96. The van der Waals surface area contributed by atoms with E-state index in [0.717, 1.165) is 12.8 Å². The van der Waals surface area contributed by atoms with Crippen molar-refractivity contribution in [3.63, 3.8) is 0 Å². The number of halogens is 1. The second-order valence-corrected chi connectivity index (χ2v) is 10.3. The van der Waals surface area contributed by atoms with Crippen LogP contribution in [0.5, 0.6) is 0 Å². The molecule has 1 aliphatic heterocycles. The Labute approximate surface area is 158 Å². The van der Waals surface area contributed by atoms with Crippen LogP contribution in [0, 0.1) is 17.5 Å². The molecule has 0 aromatic heterocycles. The Morgan fingerprint density at radius 3 is 1.17 bits per heavy atom. The quantitative estimate of drug-likeness (QED) is 0.408. The molecule has 0 amide bonds. The van der Waals surface area contributed by atoms with E-state index in [1.165, 1.54) is 0 Å². The summed E-state index contributed by atoms with van der Waals surface area (Å²) in [6.07, 6.45) is 6.79. The molecule has 141 valence electrons. The molecule has 0 fully saturated rings. The molecule has 0 unspecified atom stereocenters. The van der Waals surface area contributed by atoms with Crippen LogP contribution < -0.4 is 0 Å². The number of rotatable bonds is 4. The average Bonchev–Trinajstić information content (AvgIpc) is 2.75. The summed E-state index contributed by atoms with van der Waals surface area (Å²) in [5, 5.41) is 0. The van der Waals surface area contributed by atoms with Crippen LogP contribution in [0.2, 0.25) is 0 Å². The Balaban J connectivity index is 0.00000232. The van der Waals surface area contributed by atoms with Gasteiger partial charge >= 0.3 is 25.2 Å². The van der Waals surface area contributed by atoms with Crippen molar-refractivity contribution in [2.45, 2.75) is 93.2 Å². The third-order valence-electron chi connectivity index (χ3n) is 3.96. The van der Waals surface area contributed by atoms with Crippen LogP contribution in [0.25, 0.3) is 0 Å². The second-order valence-electron chi connectivity index (χ2n) is 10.3. The standard InChI is InChI=1S/C19H37N2.ClH.Cu/c1-16(2,3)13-18(7,8)20-11-12-21(15-20)19(9,10)14-17(4,5)6;;/h11-12,15H,13-14H2,1-10H3;1H;/q-1;;+2/p-1. The van der Waals surface area contributed by atoms with Gasteiger partial charge in [-0.1, -0.05) is 41.5 Å². The molecular formula is C19H37ClCuN2. The van der Waals surface area contributed by atoms with Crippen molar-refractivity contribution in [1.82, 2.24) is 9.80 Å². The van der Waals surface area contributed by atoms with Crippen LogP contribution in [-0.2, 0) is 15.1 Å². The van der Waals surface area contributed by atoms with Gasteiger partial charge in [0.05, 0.1) is 0 Å². The first-order valence-electron chi connectivity index (χ1n) is 8.34. The number of hydrogen-bond acceptors (Lipinski definition) is 2. The van der Waals surface area contributed by atoms with E-state index < -0.39 is 0 Å². The predicted octanol–water partition coefficient (Wildman–Crippen LogP) is 6.31. The summed E-state index contributed by atoms with van der Waals surface area (Å²) < 4.78 is 0. The number of hydrogen-bond donors (Lipinski definition) is 0. The van der Waals surface area contributed by atoms with Gasteiger partial charge in [-0.15, -0.1) is 0 Å². The maximum atomic E-state index is 4.20. The van der Waals surface area contributed by atoms with E-state index in [4.69, 9.17) is 0 Å². The Morgan fingerprint density at radius 1 is 0.696 bits per heavy atom. The fourth-order valence-corrected chi connectivity index (χ4v) is 3.85. The summed E-state index contributed by atoms with van der Waals surface area (Å²) in [5.41, 5.74) is 0.946. The number of nitrogens with zero attached hydrogens (tertiary/aromatic N) is 2. The maximum absolute atomic E-state index is 4.20. The first kappa shape index (κ1) is 23.1. The van der Waals surface area contributed by atoms with Crippen LogP contribution in [0.15, 0.2) is 12.4 Å². The summed E-state index contributed by atoms with van der Waals surface area (Å²) in [6, 6.07) is 0. The van der Waals surface area contributed by atoms with Gasteiger partial charge in [-0.2, -0.15) is 6.67 Å². The first-order valence-corrected chi connectivity index (χ1v) is 9.64. The molecule has 2 nitrogen and oxygen atoms in total. The van der Waals surface area contributed by atoms with Gasteiger partial charge in [0.15, 0.2) is 0 Å². The van der Waals surface area contributed by atoms with Crippen molar-refractivity contribution >= 4 is 10.1 Å². The van der Waals surface area contributed by atoms with Gasteiger partial charge in [-0.3, -0.25) is 0 Å². The van der Waals surface area contributed by atoms with E-state index in [2.05, 4.69) is 123 Å². The van der Waals surface area contributed by atoms with Crippen molar-refractivity contribution in [1.29, 1.82) is 0 Å². The van der Waals surface area contributed by atoms with E-state index in [-0.39, 0.29) is 11.1 Å². The van der Waals surface area contributed by atoms with Gasteiger partial charge in [0.25, 0.3) is 0 Å². The molecule has 1 heterocycles. The molecule has 4 heteroatoms. The van der Waals surface area contributed by atoms with E-state index in [1.807, 2.05) is 0 Å². The van der Waals surface area contributed by atoms with Crippen molar-refractivity contribution in [3.8, 4) is 0 Å². The molecular weight excluding hydrogens is 355 g/mol. The normalized spacial score (nSPS) is 16.6. The third kappa shape index (κ3) is 8.18. The van der Waals surface area contributed by atoms with Gasteiger partial charge in [-0.05, 0) is 63.8 Å². The Hall–Kier alpha value is 0.149. The zero-order valence-corrected chi connectivity index (χ0v) is 18.4. The van der Waals surface area contributed by atoms with E-state index in [9.17, 15) is 0 Å². The zero-order chi connectivity index (χ0) is 18.7. The first-order chi connectivity index (χ1) is 10.1. The predicted molar refractivity (Wildman–Crippen MR) is 99.3 cm³/mol. The topological polar surface area (TPSA) is 6.48 Å². The SMILES string of the molecule is CC(C)(C)CC(C)(C)N1C=CN(C(C)(C)CC(C)(C)C)[CH-]1.[Cl][Cu+]. The van der Waals surface area contributed by atoms with Gasteiger partial charge in [0, 0.05) is 11.1 Å².